The highest BCUT2D eigenvalue weighted by atomic mass is 16.5. The van der Waals surface area contributed by atoms with Crippen molar-refractivity contribution in [2.24, 2.45) is 0 Å². The van der Waals surface area contributed by atoms with Gasteiger partial charge in [0.1, 0.15) is 0 Å². The van der Waals surface area contributed by atoms with E-state index >= 15 is 0 Å². The van der Waals surface area contributed by atoms with E-state index in [4.69, 9.17) is 4.74 Å². The topological polar surface area (TPSA) is 49.9 Å². The van der Waals surface area contributed by atoms with Crippen LogP contribution < -0.4 is 0 Å². The lowest BCUT2D eigenvalue weighted by Gasteiger charge is -2.18. The Balaban J connectivity index is 2.28. The van der Waals surface area contributed by atoms with Crippen molar-refractivity contribution in [3.63, 3.8) is 0 Å². The van der Waals surface area contributed by atoms with Crippen LogP contribution in [0.2, 0.25) is 0 Å². The minimum atomic E-state index is -0.480. The largest absolute Gasteiger partial charge is 0.465 e. The molecule has 23 heavy (non-hydrogen) atoms. The molecule has 0 N–H and O–H groups in total. The summed E-state index contributed by atoms with van der Waals surface area (Å²) in [6, 6.07) is 9.96. The monoisotopic (exact) mass is 314 g/mol. The molecule has 2 rings (SSSR count). The Hall–Kier alpha value is -2.56. The number of amides is 1. The van der Waals surface area contributed by atoms with Crippen LogP contribution in [-0.4, -0.2) is 49.4 Å². The van der Waals surface area contributed by atoms with Gasteiger partial charge in [0.2, 0.25) is 0 Å². The first-order valence-electron chi connectivity index (χ1n) is 7.49. The van der Waals surface area contributed by atoms with Gasteiger partial charge in [-0.15, -0.1) is 0 Å². The van der Waals surface area contributed by atoms with E-state index in [1.54, 1.807) is 22.9 Å². The molecule has 122 valence electrons. The number of esters is 1. The van der Waals surface area contributed by atoms with Crippen LogP contribution in [0, 0.1) is 0 Å². The number of nitrogens with zero attached hydrogens (tertiary/aromatic N) is 2. The maximum absolute atomic E-state index is 12.7. The standard InChI is InChI=1S/C18H22N2O3/c1-13-16(18(22)23-4)15(12-19(2)3)17(21)20(13)11-10-14-8-6-5-7-9-14/h5-9,12H,10-11H2,1-4H3. The van der Waals surface area contributed by atoms with Crippen LogP contribution in [0.3, 0.4) is 0 Å². The van der Waals surface area contributed by atoms with Gasteiger partial charge >= 0.3 is 5.97 Å². The Labute approximate surface area is 136 Å². The quantitative estimate of drug-likeness (QED) is 0.616. The second-order valence-corrected chi connectivity index (χ2v) is 5.65. The number of carbonyl (C=O) groups excluding carboxylic acids is 2. The molecule has 5 heteroatoms. The van der Waals surface area contributed by atoms with Gasteiger partial charge in [-0.2, -0.15) is 0 Å². The smallest absolute Gasteiger partial charge is 0.340 e. The predicted molar refractivity (Wildman–Crippen MR) is 88.3 cm³/mol. The number of methoxy groups -OCH3 is 1. The average molecular weight is 314 g/mol. The molecule has 0 fully saturated rings. The molecule has 1 aromatic rings. The van der Waals surface area contributed by atoms with Gasteiger partial charge in [-0.3, -0.25) is 4.79 Å². The highest BCUT2D eigenvalue weighted by molar-refractivity contribution is 6.13. The molecule has 0 bridgehead atoms. The molecule has 5 nitrogen and oxygen atoms in total. The van der Waals surface area contributed by atoms with Crippen LogP contribution in [0.15, 0.2) is 53.4 Å². The van der Waals surface area contributed by atoms with E-state index in [-0.39, 0.29) is 5.91 Å². The second kappa shape index (κ2) is 7.13. The number of benzene rings is 1. The van der Waals surface area contributed by atoms with Crippen molar-refractivity contribution in [2.75, 3.05) is 27.7 Å². The molecule has 1 aromatic carbocycles. The van der Waals surface area contributed by atoms with Crippen LogP contribution in [0.5, 0.6) is 0 Å². The number of hydrogen-bond acceptors (Lipinski definition) is 4. The number of hydrogen-bond donors (Lipinski definition) is 0. The summed E-state index contributed by atoms with van der Waals surface area (Å²) in [6.07, 6.45) is 2.40. The number of rotatable bonds is 5. The van der Waals surface area contributed by atoms with Gasteiger partial charge in [0.05, 0.1) is 18.3 Å². The van der Waals surface area contributed by atoms with Gasteiger partial charge in [0.15, 0.2) is 0 Å². The molecule has 0 radical (unpaired) electrons. The Morgan fingerprint density at radius 2 is 1.91 bits per heavy atom. The van der Waals surface area contributed by atoms with Crippen LogP contribution in [0.1, 0.15) is 12.5 Å². The lowest BCUT2D eigenvalue weighted by molar-refractivity contribution is -0.136. The molecule has 1 amide bonds. The van der Waals surface area contributed by atoms with Crippen LogP contribution in [0.4, 0.5) is 0 Å². The summed E-state index contributed by atoms with van der Waals surface area (Å²) in [6.45, 7) is 2.31. The lowest BCUT2D eigenvalue weighted by Crippen LogP contribution is -2.27. The van der Waals surface area contributed by atoms with E-state index in [0.717, 1.165) is 12.0 Å². The Bertz CT molecular complexity index is 660. The first-order chi connectivity index (χ1) is 11.0. The second-order valence-electron chi connectivity index (χ2n) is 5.65. The van der Waals surface area contributed by atoms with Crippen molar-refractivity contribution in [3.05, 3.63) is 58.9 Å². The molecular formula is C18H22N2O3. The summed E-state index contributed by atoms with van der Waals surface area (Å²) < 4.78 is 4.84. The maximum atomic E-state index is 12.7. The van der Waals surface area contributed by atoms with E-state index in [2.05, 4.69) is 0 Å². The number of ether oxygens (including phenoxy) is 1. The molecule has 0 aliphatic carbocycles. The van der Waals surface area contributed by atoms with Crippen LogP contribution >= 0.6 is 0 Å². The normalized spacial score (nSPS) is 16.3. The first kappa shape index (κ1) is 16.8. The SMILES string of the molecule is COC(=O)C1=C(C)N(CCc2ccccc2)C(=O)C1=CN(C)C. The van der Waals surface area contributed by atoms with Crippen molar-refractivity contribution < 1.29 is 14.3 Å². The van der Waals surface area contributed by atoms with E-state index < -0.39 is 5.97 Å². The van der Waals surface area contributed by atoms with Crippen LogP contribution in [0.25, 0.3) is 0 Å². The Kier molecular flexibility index (Phi) is 5.21. The van der Waals surface area contributed by atoms with Gasteiger partial charge in [0.25, 0.3) is 5.91 Å². The molecule has 1 aliphatic rings. The van der Waals surface area contributed by atoms with Crippen LogP contribution in [-0.2, 0) is 20.7 Å². The van der Waals surface area contributed by atoms with Crippen molar-refractivity contribution in [1.29, 1.82) is 0 Å². The fraction of sp³-hybridized carbons (Fsp3) is 0.333. The zero-order valence-corrected chi connectivity index (χ0v) is 14.0. The third kappa shape index (κ3) is 3.62. The number of allylic oxidation sites excluding steroid dienone is 1. The third-order valence-electron chi connectivity index (χ3n) is 3.76. The molecule has 1 aliphatic heterocycles. The summed E-state index contributed by atoms with van der Waals surface area (Å²) in [5.74, 6) is -0.640. The summed E-state index contributed by atoms with van der Waals surface area (Å²) >= 11 is 0. The molecule has 0 saturated heterocycles. The average Bonchev–Trinajstić information content (AvgIpc) is 2.76. The zero-order valence-electron chi connectivity index (χ0n) is 14.0. The van der Waals surface area contributed by atoms with Crippen molar-refractivity contribution >= 4 is 11.9 Å². The van der Waals surface area contributed by atoms with Gasteiger partial charge in [-0.05, 0) is 18.9 Å². The summed E-state index contributed by atoms with van der Waals surface area (Å²) in [5.41, 5.74) is 2.52. The predicted octanol–water partition coefficient (Wildman–Crippen LogP) is 1.96. The fourth-order valence-corrected chi connectivity index (χ4v) is 2.63. The minimum absolute atomic E-state index is 0.160. The number of carbonyl (C=O) groups is 2. The van der Waals surface area contributed by atoms with Gasteiger partial charge in [0, 0.05) is 32.5 Å². The third-order valence-corrected chi connectivity index (χ3v) is 3.76. The molecule has 0 atom stereocenters. The summed E-state index contributed by atoms with van der Waals surface area (Å²) in [4.78, 5) is 28.1. The van der Waals surface area contributed by atoms with Crippen molar-refractivity contribution in [1.82, 2.24) is 9.80 Å². The zero-order chi connectivity index (χ0) is 17.0. The van der Waals surface area contributed by atoms with Gasteiger partial charge in [-0.1, -0.05) is 30.3 Å². The van der Waals surface area contributed by atoms with E-state index in [9.17, 15) is 9.59 Å². The van der Waals surface area contributed by atoms with Crippen molar-refractivity contribution in [3.8, 4) is 0 Å². The molecule has 0 aromatic heterocycles. The molecule has 0 spiro atoms. The maximum Gasteiger partial charge on any atom is 0.340 e. The Morgan fingerprint density at radius 3 is 2.48 bits per heavy atom. The highest BCUT2D eigenvalue weighted by Gasteiger charge is 2.36. The summed E-state index contributed by atoms with van der Waals surface area (Å²) in [5, 5.41) is 0. The van der Waals surface area contributed by atoms with E-state index in [0.29, 0.717) is 23.4 Å². The molecule has 1 heterocycles. The first-order valence-corrected chi connectivity index (χ1v) is 7.49. The lowest BCUT2D eigenvalue weighted by atomic mass is 10.1. The van der Waals surface area contributed by atoms with Gasteiger partial charge < -0.3 is 14.5 Å². The summed E-state index contributed by atoms with van der Waals surface area (Å²) in [7, 11) is 4.96. The molecular weight excluding hydrogens is 292 g/mol. The van der Waals surface area contributed by atoms with Gasteiger partial charge in [-0.25, -0.2) is 4.79 Å². The van der Waals surface area contributed by atoms with E-state index in [1.165, 1.54) is 7.11 Å². The Morgan fingerprint density at radius 1 is 1.26 bits per heavy atom. The highest BCUT2D eigenvalue weighted by Crippen LogP contribution is 2.30. The van der Waals surface area contributed by atoms with E-state index in [1.807, 2.05) is 44.4 Å². The molecule has 0 saturated carbocycles. The minimum Gasteiger partial charge on any atom is -0.465 e. The fourth-order valence-electron chi connectivity index (χ4n) is 2.63. The molecule has 0 unspecified atom stereocenters. The van der Waals surface area contributed by atoms with Crippen molar-refractivity contribution in [2.45, 2.75) is 13.3 Å².